The lowest BCUT2D eigenvalue weighted by Crippen LogP contribution is -2.04. The Morgan fingerprint density at radius 1 is 1.17 bits per heavy atom. The molecule has 18 heavy (non-hydrogen) atoms. The van der Waals surface area contributed by atoms with Crippen LogP contribution in [0, 0.1) is 13.8 Å². The molecule has 0 radical (unpaired) electrons. The summed E-state index contributed by atoms with van der Waals surface area (Å²) in [6.45, 7) is 4.64. The summed E-state index contributed by atoms with van der Waals surface area (Å²) in [7, 11) is 0. The molecule has 0 atom stereocenters. The minimum atomic E-state index is 0.744. The van der Waals surface area contributed by atoms with Crippen LogP contribution in [0.25, 0.3) is 6.08 Å². The molecule has 0 bridgehead atoms. The Balaban J connectivity index is 1.92. The molecule has 0 aliphatic rings. The predicted octanol–water partition coefficient (Wildman–Crippen LogP) is 3.22. The van der Waals surface area contributed by atoms with Crippen LogP contribution >= 0.6 is 0 Å². The molecule has 3 heteroatoms. The standard InChI is InChI=1S/C15H17N3/c1-12-11-17-13(2)15(18-12)16-10-6-9-14-7-4-3-5-8-14/h3-9,11H,10H2,1-2H3,(H,16,18)/b9-6+. The second-order valence-electron chi connectivity index (χ2n) is 4.14. The zero-order valence-electron chi connectivity index (χ0n) is 10.7. The molecule has 0 aliphatic carbocycles. The smallest absolute Gasteiger partial charge is 0.147 e. The Hall–Kier alpha value is -2.16. The van der Waals surface area contributed by atoms with Gasteiger partial charge in [0.25, 0.3) is 0 Å². The van der Waals surface area contributed by atoms with Crippen molar-refractivity contribution in [1.82, 2.24) is 9.97 Å². The van der Waals surface area contributed by atoms with Gasteiger partial charge < -0.3 is 5.32 Å². The number of nitrogens with zero attached hydrogens (tertiary/aromatic N) is 2. The number of hydrogen-bond acceptors (Lipinski definition) is 3. The lowest BCUT2D eigenvalue weighted by Gasteiger charge is -2.05. The maximum atomic E-state index is 4.41. The molecule has 1 N–H and O–H groups in total. The molecule has 0 unspecified atom stereocenters. The topological polar surface area (TPSA) is 37.8 Å². The van der Waals surface area contributed by atoms with Crippen molar-refractivity contribution in [2.75, 3.05) is 11.9 Å². The average Bonchev–Trinajstić information content (AvgIpc) is 2.40. The fourth-order valence-corrected chi connectivity index (χ4v) is 1.62. The maximum absolute atomic E-state index is 4.41. The highest BCUT2D eigenvalue weighted by molar-refractivity contribution is 5.50. The molecule has 0 spiro atoms. The van der Waals surface area contributed by atoms with E-state index < -0.39 is 0 Å². The Labute approximate surface area is 108 Å². The first-order valence-electron chi connectivity index (χ1n) is 6.01. The van der Waals surface area contributed by atoms with Gasteiger partial charge in [-0.15, -0.1) is 0 Å². The highest BCUT2D eigenvalue weighted by atomic mass is 15.0. The molecule has 0 amide bonds. The van der Waals surface area contributed by atoms with Gasteiger partial charge in [-0.2, -0.15) is 0 Å². The van der Waals surface area contributed by atoms with E-state index in [9.17, 15) is 0 Å². The molecule has 1 aromatic carbocycles. The highest BCUT2D eigenvalue weighted by Gasteiger charge is 1.99. The van der Waals surface area contributed by atoms with Crippen molar-refractivity contribution >= 4 is 11.9 Å². The van der Waals surface area contributed by atoms with Gasteiger partial charge in [0.05, 0.1) is 11.4 Å². The van der Waals surface area contributed by atoms with Gasteiger partial charge in [0.2, 0.25) is 0 Å². The summed E-state index contributed by atoms with van der Waals surface area (Å²) < 4.78 is 0. The van der Waals surface area contributed by atoms with Gasteiger partial charge in [-0.25, -0.2) is 4.98 Å². The molecular weight excluding hydrogens is 222 g/mol. The van der Waals surface area contributed by atoms with Gasteiger partial charge in [-0.05, 0) is 19.4 Å². The molecule has 92 valence electrons. The van der Waals surface area contributed by atoms with Crippen LogP contribution in [0.15, 0.2) is 42.6 Å². The quantitative estimate of drug-likeness (QED) is 0.890. The van der Waals surface area contributed by atoms with E-state index in [1.807, 2.05) is 32.0 Å². The number of anilines is 1. The molecule has 0 saturated carbocycles. The van der Waals surface area contributed by atoms with Gasteiger partial charge in [0.1, 0.15) is 5.82 Å². The van der Waals surface area contributed by atoms with Gasteiger partial charge in [0, 0.05) is 12.7 Å². The van der Waals surface area contributed by atoms with Crippen molar-refractivity contribution in [1.29, 1.82) is 0 Å². The van der Waals surface area contributed by atoms with Crippen molar-refractivity contribution in [3.8, 4) is 0 Å². The predicted molar refractivity (Wildman–Crippen MR) is 75.5 cm³/mol. The minimum absolute atomic E-state index is 0.744. The fraction of sp³-hybridized carbons (Fsp3) is 0.200. The maximum Gasteiger partial charge on any atom is 0.147 e. The van der Waals surface area contributed by atoms with E-state index in [4.69, 9.17) is 0 Å². The molecule has 0 saturated heterocycles. The first-order valence-corrected chi connectivity index (χ1v) is 6.01. The third kappa shape index (κ3) is 3.42. The van der Waals surface area contributed by atoms with Crippen molar-refractivity contribution in [3.63, 3.8) is 0 Å². The molecular formula is C15H17N3. The molecule has 1 heterocycles. The Morgan fingerprint density at radius 2 is 1.94 bits per heavy atom. The highest BCUT2D eigenvalue weighted by Crippen LogP contribution is 2.08. The van der Waals surface area contributed by atoms with Gasteiger partial charge in [-0.1, -0.05) is 42.5 Å². The van der Waals surface area contributed by atoms with E-state index in [0.29, 0.717) is 0 Å². The third-order valence-electron chi connectivity index (χ3n) is 2.57. The number of aromatic nitrogens is 2. The first-order chi connectivity index (χ1) is 8.75. The van der Waals surface area contributed by atoms with E-state index in [-0.39, 0.29) is 0 Å². The van der Waals surface area contributed by atoms with Crippen molar-refractivity contribution in [2.24, 2.45) is 0 Å². The van der Waals surface area contributed by atoms with Crippen LogP contribution in [-0.4, -0.2) is 16.5 Å². The van der Waals surface area contributed by atoms with Crippen LogP contribution < -0.4 is 5.32 Å². The number of benzene rings is 1. The Bertz CT molecular complexity index is 533. The van der Waals surface area contributed by atoms with Crippen LogP contribution in [0.3, 0.4) is 0 Å². The van der Waals surface area contributed by atoms with E-state index in [2.05, 4.69) is 39.6 Å². The van der Waals surface area contributed by atoms with Crippen LogP contribution in [0.2, 0.25) is 0 Å². The SMILES string of the molecule is Cc1cnc(C)c(NC/C=C/c2ccccc2)n1. The third-order valence-corrected chi connectivity index (χ3v) is 2.57. The lowest BCUT2D eigenvalue weighted by atomic mass is 10.2. The van der Waals surface area contributed by atoms with Crippen LogP contribution in [0.5, 0.6) is 0 Å². The van der Waals surface area contributed by atoms with Crippen LogP contribution in [0.4, 0.5) is 5.82 Å². The van der Waals surface area contributed by atoms with Gasteiger partial charge in [-0.3, -0.25) is 4.98 Å². The molecule has 0 fully saturated rings. The van der Waals surface area contributed by atoms with Crippen LogP contribution in [0.1, 0.15) is 17.0 Å². The summed E-state index contributed by atoms with van der Waals surface area (Å²) >= 11 is 0. The number of nitrogens with one attached hydrogen (secondary N) is 1. The van der Waals surface area contributed by atoms with Crippen molar-refractivity contribution in [2.45, 2.75) is 13.8 Å². The van der Waals surface area contributed by atoms with E-state index >= 15 is 0 Å². The van der Waals surface area contributed by atoms with E-state index in [1.165, 1.54) is 5.56 Å². The monoisotopic (exact) mass is 239 g/mol. The first kappa shape index (κ1) is 12.3. The molecule has 2 aromatic rings. The Kier molecular flexibility index (Phi) is 4.07. The lowest BCUT2D eigenvalue weighted by molar-refractivity contribution is 1.05. The Morgan fingerprint density at radius 3 is 2.72 bits per heavy atom. The zero-order chi connectivity index (χ0) is 12.8. The van der Waals surface area contributed by atoms with Crippen molar-refractivity contribution in [3.05, 3.63) is 59.6 Å². The summed E-state index contributed by atoms with van der Waals surface area (Å²) in [5.74, 6) is 0.854. The molecule has 3 nitrogen and oxygen atoms in total. The normalized spacial score (nSPS) is 10.8. The molecule has 2 rings (SSSR count). The zero-order valence-corrected chi connectivity index (χ0v) is 10.7. The van der Waals surface area contributed by atoms with Gasteiger partial charge >= 0.3 is 0 Å². The van der Waals surface area contributed by atoms with Crippen LogP contribution in [-0.2, 0) is 0 Å². The minimum Gasteiger partial charge on any atom is -0.365 e. The summed E-state index contributed by atoms with van der Waals surface area (Å²) in [6, 6.07) is 10.2. The number of rotatable bonds is 4. The molecule has 0 aliphatic heterocycles. The fourth-order valence-electron chi connectivity index (χ4n) is 1.62. The second-order valence-corrected chi connectivity index (χ2v) is 4.14. The average molecular weight is 239 g/mol. The number of aryl methyl sites for hydroxylation is 2. The summed E-state index contributed by atoms with van der Waals surface area (Å²) in [5, 5.41) is 3.26. The summed E-state index contributed by atoms with van der Waals surface area (Å²) in [5.41, 5.74) is 3.05. The molecule has 1 aromatic heterocycles. The van der Waals surface area contributed by atoms with Crippen molar-refractivity contribution < 1.29 is 0 Å². The summed E-state index contributed by atoms with van der Waals surface area (Å²) in [6.07, 6.45) is 5.95. The summed E-state index contributed by atoms with van der Waals surface area (Å²) in [4.78, 5) is 8.68. The second kappa shape index (κ2) is 5.96. The van der Waals surface area contributed by atoms with E-state index in [1.54, 1.807) is 6.20 Å². The number of hydrogen-bond donors (Lipinski definition) is 1. The largest absolute Gasteiger partial charge is 0.365 e. The van der Waals surface area contributed by atoms with E-state index in [0.717, 1.165) is 23.8 Å². The van der Waals surface area contributed by atoms with Gasteiger partial charge in [0.15, 0.2) is 0 Å².